The summed E-state index contributed by atoms with van der Waals surface area (Å²) in [6.07, 6.45) is -0.444. The lowest BCUT2D eigenvalue weighted by molar-refractivity contribution is 0.0766. The number of aliphatic hydroxyl groups excluding tert-OH is 1. The quantitative estimate of drug-likeness (QED) is 0.619. The number of para-hydroxylation sites is 1. The summed E-state index contributed by atoms with van der Waals surface area (Å²) >= 11 is 0. The van der Waals surface area contributed by atoms with Crippen molar-refractivity contribution in [1.29, 1.82) is 0 Å². The minimum absolute atomic E-state index is 0.0645. The Kier molecular flexibility index (Phi) is 5.84. The van der Waals surface area contributed by atoms with E-state index in [2.05, 4.69) is 34.1 Å². The van der Waals surface area contributed by atoms with Crippen molar-refractivity contribution in [3.05, 3.63) is 90.5 Å². The molecule has 0 amide bonds. The van der Waals surface area contributed by atoms with Gasteiger partial charge in [0.15, 0.2) is 0 Å². The minimum atomic E-state index is -2.36. The number of benzene rings is 3. The fourth-order valence-corrected chi connectivity index (χ4v) is 10.9. The summed E-state index contributed by atoms with van der Waals surface area (Å²) in [4.78, 5) is 4.81. The molecule has 0 bridgehead atoms. The highest BCUT2D eigenvalue weighted by molar-refractivity contribution is 7.03. The lowest BCUT2D eigenvalue weighted by Gasteiger charge is -2.40. The predicted octanol–water partition coefficient (Wildman–Crippen LogP) is 3.09. The number of nitrogens with zero attached hydrogens (tertiary/aromatic N) is 2. The van der Waals surface area contributed by atoms with Crippen molar-refractivity contribution in [3.8, 4) is 0 Å². The molecule has 2 heterocycles. The lowest BCUT2D eigenvalue weighted by atomic mass is 10.1. The second-order valence-corrected chi connectivity index (χ2v) is 13.1. The zero-order valence-electron chi connectivity index (χ0n) is 18.0. The van der Waals surface area contributed by atoms with Gasteiger partial charge >= 0.3 is 0 Å². The van der Waals surface area contributed by atoms with Crippen LogP contribution < -0.4 is 15.3 Å². The molecular formula is C26H28F2N2OSi. The first-order valence-electron chi connectivity index (χ1n) is 11.3. The van der Waals surface area contributed by atoms with Gasteiger partial charge in [0.05, 0.1) is 6.10 Å². The molecule has 0 aromatic heterocycles. The molecule has 0 aliphatic carbocycles. The standard InChI is InChI=1S/C26H28F2N2OSi/c27-20-6-10-23(11-7-20)32(24-12-8-21(28)9-13-24)18-25(26(31)19-32)30-16-14-29(15-17-30)22-4-2-1-3-5-22/h1-13,25-26,31H,14-19H2. The van der Waals surface area contributed by atoms with Crippen molar-refractivity contribution < 1.29 is 13.9 Å². The third-order valence-electron chi connectivity index (χ3n) is 7.26. The lowest BCUT2D eigenvalue weighted by Crippen LogP contribution is -2.58. The van der Waals surface area contributed by atoms with E-state index in [-0.39, 0.29) is 17.7 Å². The molecular weight excluding hydrogens is 422 g/mol. The van der Waals surface area contributed by atoms with Crippen LogP contribution in [0.15, 0.2) is 78.9 Å². The van der Waals surface area contributed by atoms with Gasteiger partial charge in [-0.15, -0.1) is 0 Å². The topological polar surface area (TPSA) is 26.7 Å². The molecule has 0 spiro atoms. The number of piperazine rings is 1. The fourth-order valence-electron chi connectivity index (χ4n) is 5.57. The second kappa shape index (κ2) is 8.77. The van der Waals surface area contributed by atoms with Gasteiger partial charge in [0.1, 0.15) is 19.7 Å². The van der Waals surface area contributed by atoms with Gasteiger partial charge in [-0.1, -0.05) is 52.8 Å². The van der Waals surface area contributed by atoms with Crippen molar-refractivity contribution in [1.82, 2.24) is 4.90 Å². The number of hydrogen-bond donors (Lipinski definition) is 1. The fraction of sp³-hybridized carbons (Fsp3) is 0.308. The number of hydrogen-bond acceptors (Lipinski definition) is 3. The maximum atomic E-state index is 13.7. The monoisotopic (exact) mass is 450 g/mol. The number of aliphatic hydroxyl groups is 1. The molecule has 32 heavy (non-hydrogen) atoms. The SMILES string of the molecule is OC1C[Si](c2ccc(F)cc2)(c2ccc(F)cc2)CC1N1CCN(c2ccccc2)CC1. The Hall–Kier alpha value is -2.54. The molecule has 3 nitrogen and oxygen atoms in total. The van der Waals surface area contributed by atoms with E-state index >= 15 is 0 Å². The number of halogens is 2. The normalized spacial score (nSPS) is 23.4. The van der Waals surface area contributed by atoms with E-state index in [0.29, 0.717) is 6.04 Å². The maximum absolute atomic E-state index is 13.7. The second-order valence-electron chi connectivity index (χ2n) is 9.00. The molecule has 3 aromatic rings. The Morgan fingerprint density at radius 1 is 0.688 bits per heavy atom. The van der Waals surface area contributed by atoms with E-state index in [1.165, 1.54) is 30.0 Å². The zero-order chi connectivity index (χ0) is 22.1. The third kappa shape index (κ3) is 3.98. The summed E-state index contributed by atoms with van der Waals surface area (Å²) < 4.78 is 27.4. The third-order valence-corrected chi connectivity index (χ3v) is 12.4. The van der Waals surface area contributed by atoms with Gasteiger partial charge in [-0.05, 0) is 48.5 Å². The van der Waals surface area contributed by atoms with Crippen LogP contribution in [0.2, 0.25) is 12.1 Å². The number of anilines is 1. The molecule has 2 unspecified atom stereocenters. The van der Waals surface area contributed by atoms with Gasteiger partial charge in [0, 0.05) is 37.9 Å². The average Bonchev–Trinajstić information content (AvgIpc) is 3.19. The molecule has 1 N–H and O–H groups in total. The average molecular weight is 451 g/mol. The van der Waals surface area contributed by atoms with Gasteiger partial charge in [0.2, 0.25) is 0 Å². The van der Waals surface area contributed by atoms with Crippen LogP contribution in [0.25, 0.3) is 0 Å². The highest BCUT2D eigenvalue weighted by atomic mass is 28.3. The van der Waals surface area contributed by atoms with Crippen LogP contribution in [0.5, 0.6) is 0 Å². The van der Waals surface area contributed by atoms with Crippen molar-refractivity contribution in [2.75, 3.05) is 31.1 Å². The Bertz CT molecular complexity index is 992. The van der Waals surface area contributed by atoms with Crippen LogP contribution in [0.4, 0.5) is 14.5 Å². The van der Waals surface area contributed by atoms with Crippen LogP contribution in [0.1, 0.15) is 0 Å². The van der Waals surface area contributed by atoms with E-state index in [1.807, 2.05) is 30.3 Å². The van der Waals surface area contributed by atoms with Crippen molar-refractivity contribution in [2.24, 2.45) is 0 Å². The Labute approximate surface area is 188 Å². The van der Waals surface area contributed by atoms with Gasteiger partial charge in [-0.3, -0.25) is 4.90 Å². The highest BCUT2D eigenvalue weighted by Gasteiger charge is 2.51. The van der Waals surface area contributed by atoms with Gasteiger partial charge in [-0.2, -0.15) is 0 Å². The highest BCUT2D eigenvalue weighted by Crippen LogP contribution is 2.35. The first-order chi connectivity index (χ1) is 15.5. The molecule has 6 heteroatoms. The molecule has 2 saturated heterocycles. The molecule has 2 aliphatic heterocycles. The van der Waals surface area contributed by atoms with E-state index in [4.69, 9.17) is 0 Å². The van der Waals surface area contributed by atoms with Crippen LogP contribution >= 0.6 is 0 Å². The molecule has 0 saturated carbocycles. The summed E-state index contributed by atoms with van der Waals surface area (Å²) in [5.41, 5.74) is 1.24. The van der Waals surface area contributed by atoms with E-state index in [0.717, 1.165) is 42.6 Å². The van der Waals surface area contributed by atoms with E-state index in [1.54, 1.807) is 0 Å². The van der Waals surface area contributed by atoms with Crippen molar-refractivity contribution >= 4 is 24.1 Å². The minimum Gasteiger partial charge on any atom is -0.392 e. The molecule has 2 atom stereocenters. The molecule has 5 rings (SSSR count). The Morgan fingerprint density at radius 3 is 1.75 bits per heavy atom. The van der Waals surface area contributed by atoms with Crippen LogP contribution in [0.3, 0.4) is 0 Å². The molecule has 3 aromatic carbocycles. The van der Waals surface area contributed by atoms with E-state index in [9.17, 15) is 13.9 Å². The van der Waals surface area contributed by atoms with Crippen molar-refractivity contribution in [3.63, 3.8) is 0 Å². The predicted molar refractivity (Wildman–Crippen MR) is 127 cm³/mol. The van der Waals surface area contributed by atoms with E-state index < -0.39 is 14.2 Å². The Balaban J connectivity index is 1.40. The first-order valence-corrected chi connectivity index (χ1v) is 13.7. The summed E-state index contributed by atoms with van der Waals surface area (Å²) in [6.45, 7) is 3.64. The maximum Gasteiger partial charge on any atom is 0.123 e. The first kappa shape index (κ1) is 21.3. The molecule has 2 fully saturated rings. The largest absolute Gasteiger partial charge is 0.392 e. The van der Waals surface area contributed by atoms with Crippen molar-refractivity contribution in [2.45, 2.75) is 24.2 Å². The Morgan fingerprint density at radius 2 is 1.22 bits per heavy atom. The molecule has 166 valence electrons. The number of rotatable bonds is 4. The van der Waals surface area contributed by atoms with Crippen LogP contribution in [0, 0.1) is 11.6 Å². The summed E-state index contributed by atoms with van der Waals surface area (Å²) in [6, 6.07) is 25.5. The van der Waals surface area contributed by atoms with Crippen LogP contribution in [-0.2, 0) is 0 Å². The smallest absolute Gasteiger partial charge is 0.123 e. The zero-order valence-corrected chi connectivity index (χ0v) is 19.0. The van der Waals surface area contributed by atoms with Crippen LogP contribution in [-0.4, -0.2) is 56.4 Å². The van der Waals surface area contributed by atoms with Gasteiger partial charge in [-0.25, -0.2) is 8.78 Å². The summed E-state index contributed by atoms with van der Waals surface area (Å²) in [5, 5.41) is 13.4. The molecule has 0 radical (unpaired) electrons. The molecule has 2 aliphatic rings. The van der Waals surface area contributed by atoms with Gasteiger partial charge in [0.25, 0.3) is 0 Å². The van der Waals surface area contributed by atoms with Gasteiger partial charge < -0.3 is 10.0 Å². The summed E-state index contributed by atoms with van der Waals surface area (Å²) in [5.74, 6) is -0.520. The summed E-state index contributed by atoms with van der Waals surface area (Å²) in [7, 11) is -2.36.